The molecule has 1 aromatic carbocycles. The van der Waals surface area contributed by atoms with Crippen molar-refractivity contribution in [2.45, 2.75) is 34.1 Å². The summed E-state index contributed by atoms with van der Waals surface area (Å²) in [6, 6.07) is 6.31. The van der Waals surface area contributed by atoms with E-state index in [4.69, 9.17) is 0 Å². The molecule has 0 spiro atoms. The number of hydrogen-bond donors (Lipinski definition) is 0. The SMILES string of the molecule is C=Cc1ccc(C)cc1C/C(C)=C/C=C(C)/C=C/C(F)=C(F)\C=C/C. The van der Waals surface area contributed by atoms with Gasteiger partial charge in [0.25, 0.3) is 0 Å². The number of benzene rings is 1. The molecular formula is C23H26F2. The van der Waals surface area contributed by atoms with Gasteiger partial charge in [-0.3, -0.25) is 0 Å². The molecule has 1 rings (SSSR count). The maximum Gasteiger partial charge on any atom is 0.158 e. The maximum atomic E-state index is 13.5. The second kappa shape index (κ2) is 10.4. The van der Waals surface area contributed by atoms with Gasteiger partial charge in [0.1, 0.15) is 0 Å². The van der Waals surface area contributed by atoms with E-state index in [0.717, 1.165) is 29.7 Å². The number of aryl methyl sites for hydroxylation is 1. The van der Waals surface area contributed by atoms with Crippen LogP contribution in [0.1, 0.15) is 37.5 Å². The fraction of sp³-hybridized carbons (Fsp3) is 0.217. The van der Waals surface area contributed by atoms with Gasteiger partial charge in [-0.15, -0.1) is 0 Å². The molecule has 25 heavy (non-hydrogen) atoms. The molecule has 0 heterocycles. The highest BCUT2D eigenvalue weighted by atomic mass is 19.2. The average Bonchev–Trinajstić information content (AvgIpc) is 2.58. The van der Waals surface area contributed by atoms with E-state index in [1.165, 1.54) is 22.8 Å². The third-order valence-corrected chi connectivity index (χ3v) is 3.65. The standard InChI is InChI=1S/C23H26F2/c1-6-8-22(24)23(25)14-12-17(3)9-10-18(4)15-21-16-19(5)11-13-20(21)7-2/h6-14,16H,2,15H2,1,3-5H3/b8-6-,14-12+,17-9+,18-10+,23-22-. The highest BCUT2D eigenvalue weighted by Crippen LogP contribution is 2.17. The van der Waals surface area contributed by atoms with E-state index in [-0.39, 0.29) is 0 Å². The van der Waals surface area contributed by atoms with Crippen molar-refractivity contribution in [3.8, 4) is 0 Å². The summed E-state index contributed by atoms with van der Waals surface area (Å²) in [5, 5.41) is 0. The van der Waals surface area contributed by atoms with Gasteiger partial charge < -0.3 is 0 Å². The summed E-state index contributed by atoms with van der Waals surface area (Å²) < 4.78 is 26.7. The van der Waals surface area contributed by atoms with Crippen LogP contribution >= 0.6 is 0 Å². The fourth-order valence-corrected chi connectivity index (χ4v) is 2.29. The summed E-state index contributed by atoms with van der Waals surface area (Å²) in [6.45, 7) is 11.5. The highest BCUT2D eigenvalue weighted by molar-refractivity contribution is 5.53. The predicted octanol–water partition coefficient (Wildman–Crippen LogP) is 7.36. The van der Waals surface area contributed by atoms with Crippen LogP contribution in [0.15, 0.2) is 84.0 Å². The quantitative estimate of drug-likeness (QED) is 0.455. The van der Waals surface area contributed by atoms with E-state index in [1.807, 2.05) is 25.2 Å². The Morgan fingerprint density at radius 1 is 1.04 bits per heavy atom. The molecule has 0 saturated heterocycles. The normalized spacial score (nSPS) is 14.3. The zero-order valence-electron chi connectivity index (χ0n) is 15.4. The monoisotopic (exact) mass is 340 g/mol. The highest BCUT2D eigenvalue weighted by Gasteiger charge is 2.01. The molecule has 0 amide bonds. The lowest BCUT2D eigenvalue weighted by Gasteiger charge is -2.07. The Hall–Kier alpha value is -2.48. The Morgan fingerprint density at radius 3 is 2.36 bits per heavy atom. The molecule has 0 atom stereocenters. The summed E-state index contributed by atoms with van der Waals surface area (Å²) >= 11 is 0. The topological polar surface area (TPSA) is 0 Å². The van der Waals surface area contributed by atoms with Crippen molar-refractivity contribution >= 4 is 6.08 Å². The van der Waals surface area contributed by atoms with Crippen LogP contribution in [-0.4, -0.2) is 0 Å². The summed E-state index contributed by atoms with van der Waals surface area (Å²) in [5.74, 6) is -1.74. The van der Waals surface area contributed by atoms with Crippen LogP contribution in [0.5, 0.6) is 0 Å². The Balaban J connectivity index is 2.86. The zero-order chi connectivity index (χ0) is 18.8. The van der Waals surface area contributed by atoms with Gasteiger partial charge in [0.05, 0.1) is 0 Å². The summed E-state index contributed by atoms with van der Waals surface area (Å²) in [4.78, 5) is 0. The van der Waals surface area contributed by atoms with Gasteiger partial charge in [0.2, 0.25) is 0 Å². The van der Waals surface area contributed by atoms with Crippen molar-refractivity contribution in [2.24, 2.45) is 0 Å². The molecule has 0 aliphatic rings. The molecule has 0 aromatic heterocycles. The first-order chi connectivity index (χ1) is 11.9. The Bertz CT molecular complexity index is 756. The van der Waals surface area contributed by atoms with Crippen LogP contribution in [-0.2, 0) is 6.42 Å². The van der Waals surface area contributed by atoms with Gasteiger partial charge in [-0.1, -0.05) is 71.9 Å². The number of halogens is 2. The first kappa shape index (κ1) is 20.6. The summed E-state index contributed by atoms with van der Waals surface area (Å²) in [7, 11) is 0. The fourth-order valence-electron chi connectivity index (χ4n) is 2.29. The maximum absolute atomic E-state index is 13.5. The van der Waals surface area contributed by atoms with Gasteiger partial charge in [-0.25, -0.2) is 8.78 Å². The van der Waals surface area contributed by atoms with E-state index in [9.17, 15) is 8.78 Å². The number of hydrogen-bond acceptors (Lipinski definition) is 0. The molecule has 0 aliphatic carbocycles. The lowest BCUT2D eigenvalue weighted by atomic mass is 9.98. The molecule has 0 N–H and O–H groups in total. The Morgan fingerprint density at radius 2 is 1.72 bits per heavy atom. The third kappa shape index (κ3) is 7.30. The van der Waals surface area contributed by atoms with Gasteiger partial charge in [-0.05, 0) is 57.4 Å². The molecule has 0 aliphatic heterocycles. The third-order valence-electron chi connectivity index (χ3n) is 3.65. The lowest BCUT2D eigenvalue weighted by Crippen LogP contribution is -1.92. The van der Waals surface area contributed by atoms with E-state index >= 15 is 0 Å². The van der Waals surface area contributed by atoms with E-state index in [0.29, 0.717) is 0 Å². The molecule has 132 valence electrons. The second-order valence-corrected chi connectivity index (χ2v) is 6.04. The summed E-state index contributed by atoms with van der Waals surface area (Å²) in [6.07, 6.45) is 11.8. The zero-order valence-corrected chi connectivity index (χ0v) is 15.4. The molecule has 0 saturated carbocycles. The van der Waals surface area contributed by atoms with Crippen molar-refractivity contribution in [1.82, 2.24) is 0 Å². The molecule has 0 unspecified atom stereocenters. The molecule has 2 heteroatoms. The predicted molar refractivity (Wildman–Crippen MR) is 106 cm³/mol. The van der Waals surface area contributed by atoms with Crippen LogP contribution in [0.4, 0.5) is 8.78 Å². The molecular weight excluding hydrogens is 314 g/mol. The van der Waals surface area contributed by atoms with Gasteiger partial charge >= 0.3 is 0 Å². The number of allylic oxidation sites excluding steroid dienone is 10. The van der Waals surface area contributed by atoms with Gasteiger partial charge in [0, 0.05) is 0 Å². The van der Waals surface area contributed by atoms with Crippen molar-refractivity contribution in [1.29, 1.82) is 0 Å². The van der Waals surface area contributed by atoms with E-state index in [2.05, 4.69) is 38.6 Å². The van der Waals surface area contributed by atoms with Crippen molar-refractivity contribution in [3.05, 3.63) is 101 Å². The van der Waals surface area contributed by atoms with Gasteiger partial charge in [0.15, 0.2) is 11.7 Å². The first-order valence-corrected chi connectivity index (χ1v) is 8.29. The lowest BCUT2D eigenvalue weighted by molar-refractivity contribution is 0.573. The van der Waals surface area contributed by atoms with Crippen LogP contribution in [0.25, 0.3) is 6.08 Å². The van der Waals surface area contributed by atoms with Crippen LogP contribution < -0.4 is 0 Å². The minimum atomic E-state index is -0.873. The molecule has 0 bridgehead atoms. The average molecular weight is 340 g/mol. The molecule has 1 aromatic rings. The number of rotatable bonds is 7. The van der Waals surface area contributed by atoms with Crippen LogP contribution in [0.2, 0.25) is 0 Å². The van der Waals surface area contributed by atoms with Crippen molar-refractivity contribution in [2.75, 3.05) is 0 Å². The first-order valence-electron chi connectivity index (χ1n) is 8.29. The molecule has 0 fully saturated rings. The Kier molecular flexibility index (Phi) is 8.55. The minimum absolute atomic E-state index is 0.820. The smallest absolute Gasteiger partial charge is 0.158 e. The van der Waals surface area contributed by atoms with Crippen molar-refractivity contribution in [3.63, 3.8) is 0 Å². The molecule has 0 radical (unpaired) electrons. The summed E-state index contributed by atoms with van der Waals surface area (Å²) in [5.41, 5.74) is 5.60. The second-order valence-electron chi connectivity index (χ2n) is 6.04. The minimum Gasteiger partial charge on any atom is -0.204 e. The van der Waals surface area contributed by atoms with Crippen molar-refractivity contribution < 1.29 is 8.78 Å². The largest absolute Gasteiger partial charge is 0.204 e. The van der Waals surface area contributed by atoms with E-state index < -0.39 is 11.7 Å². The van der Waals surface area contributed by atoms with Gasteiger partial charge in [-0.2, -0.15) is 0 Å². The Labute approximate surface area is 150 Å². The van der Waals surface area contributed by atoms with Crippen LogP contribution in [0.3, 0.4) is 0 Å². The van der Waals surface area contributed by atoms with Crippen LogP contribution in [0, 0.1) is 6.92 Å². The van der Waals surface area contributed by atoms with E-state index in [1.54, 1.807) is 13.0 Å². The molecule has 0 nitrogen and oxygen atoms in total.